The van der Waals surface area contributed by atoms with Gasteiger partial charge in [0.05, 0.1) is 5.60 Å². The summed E-state index contributed by atoms with van der Waals surface area (Å²) in [5.74, 6) is 3.08. The Morgan fingerprint density at radius 3 is 2.81 bits per heavy atom. The Labute approximate surface area is 137 Å². The summed E-state index contributed by atoms with van der Waals surface area (Å²) in [6.07, 6.45) is 4.68. The van der Waals surface area contributed by atoms with E-state index in [-0.39, 0.29) is 5.60 Å². The zero-order chi connectivity index (χ0) is 14.7. The van der Waals surface area contributed by atoms with Crippen molar-refractivity contribution in [3.05, 3.63) is 34.9 Å². The Hall–Kier alpha value is -0.220. The summed E-state index contributed by atoms with van der Waals surface area (Å²) in [5, 5.41) is 4.38. The van der Waals surface area contributed by atoms with Gasteiger partial charge in [-0.05, 0) is 61.8 Å². The van der Waals surface area contributed by atoms with Gasteiger partial charge in [-0.15, -0.1) is 0 Å². The van der Waals surface area contributed by atoms with E-state index in [0.717, 1.165) is 24.5 Å². The van der Waals surface area contributed by atoms with Crippen molar-refractivity contribution in [2.75, 3.05) is 25.2 Å². The van der Waals surface area contributed by atoms with Crippen molar-refractivity contribution >= 4 is 23.4 Å². The van der Waals surface area contributed by atoms with E-state index in [2.05, 4.69) is 29.2 Å². The van der Waals surface area contributed by atoms with Crippen molar-refractivity contribution in [2.45, 2.75) is 37.3 Å². The topological polar surface area (TPSA) is 21.3 Å². The van der Waals surface area contributed by atoms with Crippen LogP contribution < -0.4 is 5.32 Å². The van der Waals surface area contributed by atoms with Crippen LogP contribution in [0.2, 0.25) is 5.02 Å². The van der Waals surface area contributed by atoms with Crippen LogP contribution in [0, 0.1) is 5.92 Å². The quantitative estimate of drug-likeness (QED) is 0.895. The number of rotatable bonds is 3. The van der Waals surface area contributed by atoms with Crippen molar-refractivity contribution < 1.29 is 4.74 Å². The lowest BCUT2D eigenvalue weighted by Crippen LogP contribution is -2.45. The van der Waals surface area contributed by atoms with Gasteiger partial charge in [-0.25, -0.2) is 0 Å². The molecule has 2 aliphatic rings. The molecule has 0 aliphatic carbocycles. The Morgan fingerprint density at radius 1 is 1.33 bits per heavy atom. The van der Waals surface area contributed by atoms with Crippen LogP contribution in [0.25, 0.3) is 0 Å². The lowest BCUT2D eigenvalue weighted by molar-refractivity contribution is -0.107. The maximum atomic E-state index is 6.42. The summed E-state index contributed by atoms with van der Waals surface area (Å²) >= 11 is 8.48. The molecule has 4 heteroatoms. The molecule has 1 aromatic carbocycles. The number of benzene rings is 1. The molecular formula is C17H24ClNOS. The van der Waals surface area contributed by atoms with Crippen LogP contribution in [0.4, 0.5) is 0 Å². The van der Waals surface area contributed by atoms with Crippen LogP contribution in [0.3, 0.4) is 0 Å². The fraction of sp³-hybridized carbons (Fsp3) is 0.647. The molecule has 0 radical (unpaired) electrons. The molecule has 2 unspecified atom stereocenters. The molecule has 3 rings (SSSR count). The van der Waals surface area contributed by atoms with E-state index in [1.54, 1.807) is 0 Å². The summed E-state index contributed by atoms with van der Waals surface area (Å²) < 4.78 is 6.22. The van der Waals surface area contributed by atoms with Crippen molar-refractivity contribution in [3.63, 3.8) is 0 Å². The zero-order valence-corrected chi connectivity index (χ0v) is 14.2. The van der Waals surface area contributed by atoms with Crippen LogP contribution >= 0.6 is 23.4 Å². The molecule has 0 aromatic heterocycles. The van der Waals surface area contributed by atoms with E-state index in [0.29, 0.717) is 12.0 Å². The van der Waals surface area contributed by atoms with Crippen LogP contribution in [-0.4, -0.2) is 30.8 Å². The summed E-state index contributed by atoms with van der Waals surface area (Å²) in [6, 6.07) is 8.56. The summed E-state index contributed by atoms with van der Waals surface area (Å²) in [7, 11) is 2.05. The first-order valence-electron chi connectivity index (χ1n) is 7.87. The standard InChI is InChI=1S/C17H24ClNOS/c1-19-16(14-4-2-3-5-15(14)18)13-6-9-20-17(12-13)7-10-21-11-8-17/h2-5,13,16,19H,6-12H2,1H3. The van der Waals surface area contributed by atoms with E-state index in [1.165, 1.54) is 29.9 Å². The van der Waals surface area contributed by atoms with Crippen LogP contribution in [0.15, 0.2) is 24.3 Å². The lowest BCUT2D eigenvalue weighted by atomic mass is 9.77. The third-order valence-corrected chi connectivity index (χ3v) is 6.29. The lowest BCUT2D eigenvalue weighted by Gasteiger charge is -2.45. The highest BCUT2D eigenvalue weighted by atomic mass is 35.5. The van der Waals surface area contributed by atoms with Gasteiger partial charge in [-0.3, -0.25) is 0 Å². The third-order valence-electron chi connectivity index (χ3n) is 4.96. The smallest absolute Gasteiger partial charge is 0.0701 e. The van der Waals surface area contributed by atoms with E-state index < -0.39 is 0 Å². The summed E-state index contributed by atoms with van der Waals surface area (Å²) in [4.78, 5) is 0. The van der Waals surface area contributed by atoms with Gasteiger partial charge in [0.15, 0.2) is 0 Å². The number of thioether (sulfide) groups is 1. The second-order valence-corrected chi connectivity index (χ2v) is 7.82. The average molecular weight is 326 g/mol. The Bertz CT molecular complexity index is 470. The molecule has 1 spiro atoms. The van der Waals surface area contributed by atoms with E-state index >= 15 is 0 Å². The number of halogens is 1. The van der Waals surface area contributed by atoms with Gasteiger partial charge in [0.1, 0.15) is 0 Å². The first-order chi connectivity index (χ1) is 10.2. The second-order valence-electron chi connectivity index (χ2n) is 6.18. The molecular weight excluding hydrogens is 302 g/mol. The fourth-order valence-electron chi connectivity index (χ4n) is 3.81. The molecule has 2 atom stereocenters. The Kier molecular flexibility index (Phi) is 5.15. The molecule has 0 saturated carbocycles. The molecule has 0 amide bonds. The molecule has 1 aromatic rings. The molecule has 2 heterocycles. The second kappa shape index (κ2) is 6.91. The fourth-order valence-corrected chi connectivity index (χ4v) is 5.30. The summed E-state index contributed by atoms with van der Waals surface area (Å²) in [6.45, 7) is 0.887. The van der Waals surface area contributed by atoms with Gasteiger partial charge in [-0.2, -0.15) is 11.8 Å². The Morgan fingerprint density at radius 2 is 2.10 bits per heavy atom. The van der Waals surface area contributed by atoms with Gasteiger partial charge in [0, 0.05) is 17.7 Å². The van der Waals surface area contributed by atoms with Crippen molar-refractivity contribution in [1.29, 1.82) is 0 Å². The Balaban J connectivity index is 1.79. The van der Waals surface area contributed by atoms with Crippen LogP contribution in [-0.2, 0) is 4.74 Å². The minimum atomic E-state index is 0.129. The zero-order valence-electron chi connectivity index (χ0n) is 12.6. The van der Waals surface area contributed by atoms with Crippen LogP contribution in [0.1, 0.15) is 37.3 Å². The van der Waals surface area contributed by atoms with Gasteiger partial charge in [0.2, 0.25) is 0 Å². The SMILES string of the molecule is CNC(c1ccccc1Cl)C1CCOC2(CCSCC2)C1. The highest BCUT2D eigenvalue weighted by molar-refractivity contribution is 7.99. The minimum absolute atomic E-state index is 0.129. The third kappa shape index (κ3) is 3.42. The number of ether oxygens (including phenoxy) is 1. The van der Waals surface area contributed by atoms with E-state index in [1.807, 2.05) is 19.2 Å². The van der Waals surface area contributed by atoms with E-state index in [4.69, 9.17) is 16.3 Å². The first-order valence-corrected chi connectivity index (χ1v) is 9.41. The minimum Gasteiger partial charge on any atom is -0.375 e. The molecule has 0 bridgehead atoms. The molecule has 2 saturated heterocycles. The maximum absolute atomic E-state index is 6.42. The van der Waals surface area contributed by atoms with Crippen molar-refractivity contribution in [1.82, 2.24) is 5.32 Å². The molecule has 21 heavy (non-hydrogen) atoms. The predicted molar refractivity (Wildman–Crippen MR) is 91.2 cm³/mol. The number of hydrogen-bond acceptors (Lipinski definition) is 3. The maximum Gasteiger partial charge on any atom is 0.0701 e. The van der Waals surface area contributed by atoms with Gasteiger partial charge in [-0.1, -0.05) is 29.8 Å². The highest BCUT2D eigenvalue weighted by Gasteiger charge is 2.41. The predicted octanol–water partition coefficient (Wildman–Crippen LogP) is 4.29. The number of nitrogens with one attached hydrogen (secondary N) is 1. The van der Waals surface area contributed by atoms with Gasteiger partial charge >= 0.3 is 0 Å². The molecule has 1 N–H and O–H groups in total. The molecule has 2 fully saturated rings. The van der Waals surface area contributed by atoms with E-state index in [9.17, 15) is 0 Å². The van der Waals surface area contributed by atoms with Crippen LogP contribution in [0.5, 0.6) is 0 Å². The monoisotopic (exact) mass is 325 g/mol. The largest absolute Gasteiger partial charge is 0.375 e. The average Bonchev–Trinajstić information content (AvgIpc) is 2.51. The van der Waals surface area contributed by atoms with Gasteiger partial charge < -0.3 is 10.1 Å². The molecule has 2 nitrogen and oxygen atoms in total. The summed E-state index contributed by atoms with van der Waals surface area (Å²) in [5.41, 5.74) is 1.36. The number of hydrogen-bond donors (Lipinski definition) is 1. The molecule has 2 aliphatic heterocycles. The first kappa shape index (κ1) is 15.7. The van der Waals surface area contributed by atoms with Crippen molar-refractivity contribution in [3.8, 4) is 0 Å². The van der Waals surface area contributed by atoms with Gasteiger partial charge in [0.25, 0.3) is 0 Å². The highest BCUT2D eigenvalue weighted by Crippen LogP contribution is 2.44. The molecule has 116 valence electrons. The normalized spacial score (nSPS) is 26.7. The van der Waals surface area contributed by atoms with Crippen molar-refractivity contribution in [2.24, 2.45) is 5.92 Å².